The lowest BCUT2D eigenvalue weighted by Gasteiger charge is -2.40. The molecule has 1 aliphatic carbocycles. The first-order valence-electron chi connectivity index (χ1n) is 25.0. The minimum absolute atomic E-state index is 0.182. The molecule has 0 spiro atoms. The summed E-state index contributed by atoms with van der Waals surface area (Å²) in [6, 6.07) is 13.5. The second kappa shape index (κ2) is 26.8. The molecule has 3 aliphatic rings. The van der Waals surface area contributed by atoms with Crippen LogP contribution in [0.1, 0.15) is 136 Å². The van der Waals surface area contributed by atoms with Crippen LogP contribution in [0.4, 0.5) is 0 Å². The summed E-state index contributed by atoms with van der Waals surface area (Å²) in [5.74, 6) is -2.68. The van der Waals surface area contributed by atoms with E-state index >= 15 is 0 Å². The molecule has 14 heteroatoms. The number of carbonyl (C=O) groups is 7. The molecule has 5 rings (SSSR count). The van der Waals surface area contributed by atoms with Crippen LogP contribution < -0.4 is 21.3 Å². The van der Waals surface area contributed by atoms with E-state index < -0.39 is 72.1 Å². The van der Waals surface area contributed by atoms with Gasteiger partial charge in [0.15, 0.2) is 5.78 Å². The van der Waals surface area contributed by atoms with E-state index in [1.165, 1.54) is 35.1 Å². The topological polar surface area (TPSA) is 183 Å². The lowest BCUT2D eigenvalue weighted by Crippen LogP contribution is -2.63. The third kappa shape index (κ3) is 15.9. The van der Waals surface area contributed by atoms with Crippen LogP contribution in [0.25, 0.3) is 6.08 Å². The van der Waals surface area contributed by atoms with Gasteiger partial charge in [0, 0.05) is 32.5 Å². The predicted octanol–water partition coefficient (Wildman–Crippen LogP) is 6.27. The predicted molar refractivity (Wildman–Crippen MR) is 259 cm³/mol. The van der Waals surface area contributed by atoms with Crippen LogP contribution in [0.15, 0.2) is 66.7 Å². The highest BCUT2D eigenvalue weighted by molar-refractivity contribution is 6.01. The lowest BCUT2D eigenvalue weighted by molar-refractivity contribution is -0.149. The molecular formula is C53H76N6O8. The number of piperidine rings is 2. The number of hydrogen-bond acceptors (Lipinski definition) is 8. The number of rotatable bonds is 22. The number of amides is 6. The van der Waals surface area contributed by atoms with Crippen LogP contribution in [0, 0.1) is 17.8 Å². The summed E-state index contributed by atoms with van der Waals surface area (Å²) in [6.45, 7) is 10.6. The SMILES string of the molecule is CCCNC(=O)[C@@H](NC(=O)[C@@H]1CCCCN1C(=O)[C@H](CC(=O)/C=C\c1ccccc1)NC(=O)[C@@H]1CCCCN1C(=O)[C@@H](NC(=O)C[C@H](C)C1CCCCC1)C(C)C)C(C)OCc1ccccc1. The highest BCUT2D eigenvalue weighted by Gasteiger charge is 2.42. The van der Waals surface area contributed by atoms with E-state index in [2.05, 4.69) is 28.2 Å². The van der Waals surface area contributed by atoms with Gasteiger partial charge in [-0.1, -0.05) is 127 Å². The van der Waals surface area contributed by atoms with E-state index in [1.807, 2.05) is 81.4 Å². The van der Waals surface area contributed by atoms with Crippen molar-refractivity contribution in [3.05, 3.63) is 77.9 Å². The molecule has 2 aromatic carbocycles. The number of nitrogens with one attached hydrogen (secondary N) is 4. The summed E-state index contributed by atoms with van der Waals surface area (Å²) >= 11 is 0. The van der Waals surface area contributed by atoms with E-state index in [1.54, 1.807) is 13.0 Å². The van der Waals surface area contributed by atoms with E-state index in [0.717, 1.165) is 24.0 Å². The van der Waals surface area contributed by atoms with Crippen molar-refractivity contribution in [3.63, 3.8) is 0 Å². The zero-order chi connectivity index (χ0) is 48.3. The monoisotopic (exact) mass is 925 g/mol. The third-order valence-corrected chi connectivity index (χ3v) is 13.6. The molecule has 4 N–H and O–H groups in total. The Balaban J connectivity index is 1.35. The summed E-state index contributed by atoms with van der Waals surface area (Å²) in [4.78, 5) is 102. The van der Waals surface area contributed by atoms with Crippen molar-refractivity contribution in [2.45, 2.75) is 167 Å². The number of hydrogen-bond donors (Lipinski definition) is 4. The summed E-state index contributed by atoms with van der Waals surface area (Å²) in [6.07, 6.45) is 11.9. The molecule has 1 saturated carbocycles. The Morgan fingerprint density at radius 3 is 1.87 bits per heavy atom. The third-order valence-electron chi connectivity index (χ3n) is 13.6. The van der Waals surface area contributed by atoms with Crippen molar-refractivity contribution in [1.82, 2.24) is 31.1 Å². The molecule has 0 aromatic heterocycles. The molecule has 2 saturated heterocycles. The Hall–Kier alpha value is -5.37. The maximum absolute atomic E-state index is 14.9. The maximum Gasteiger partial charge on any atom is 0.246 e. The van der Waals surface area contributed by atoms with Gasteiger partial charge in [-0.2, -0.15) is 0 Å². The van der Waals surface area contributed by atoms with Crippen molar-refractivity contribution in [2.24, 2.45) is 17.8 Å². The second-order valence-electron chi connectivity index (χ2n) is 19.2. The van der Waals surface area contributed by atoms with Gasteiger partial charge in [0.2, 0.25) is 35.4 Å². The van der Waals surface area contributed by atoms with E-state index in [9.17, 15) is 33.6 Å². The van der Waals surface area contributed by atoms with Gasteiger partial charge < -0.3 is 35.8 Å². The molecule has 7 atom stereocenters. The van der Waals surface area contributed by atoms with Gasteiger partial charge >= 0.3 is 0 Å². The summed E-state index contributed by atoms with van der Waals surface area (Å²) in [7, 11) is 0. The summed E-state index contributed by atoms with van der Waals surface area (Å²) in [5.41, 5.74) is 1.68. The molecular weight excluding hydrogens is 849 g/mol. The normalized spacial score (nSPS) is 20.3. The minimum atomic E-state index is -1.37. The number of ketones is 1. The molecule has 2 aliphatic heterocycles. The molecule has 2 heterocycles. The summed E-state index contributed by atoms with van der Waals surface area (Å²) < 4.78 is 6.11. The van der Waals surface area contributed by atoms with Gasteiger partial charge in [0.05, 0.1) is 12.7 Å². The second-order valence-corrected chi connectivity index (χ2v) is 19.2. The van der Waals surface area contributed by atoms with E-state index in [0.29, 0.717) is 70.4 Å². The fraction of sp³-hybridized carbons (Fsp3) is 0.604. The van der Waals surface area contributed by atoms with Crippen molar-refractivity contribution in [1.29, 1.82) is 0 Å². The molecule has 366 valence electrons. The summed E-state index contributed by atoms with van der Waals surface area (Å²) in [5, 5.41) is 11.7. The van der Waals surface area contributed by atoms with Gasteiger partial charge in [0.1, 0.15) is 30.2 Å². The van der Waals surface area contributed by atoms with Gasteiger partial charge in [-0.15, -0.1) is 0 Å². The minimum Gasteiger partial charge on any atom is -0.371 e. The fourth-order valence-corrected chi connectivity index (χ4v) is 9.62. The highest BCUT2D eigenvalue weighted by Crippen LogP contribution is 2.32. The van der Waals surface area contributed by atoms with Crippen molar-refractivity contribution >= 4 is 47.3 Å². The number of benzene rings is 2. The first kappa shape index (κ1) is 52.6. The fourth-order valence-electron chi connectivity index (χ4n) is 9.62. The van der Waals surface area contributed by atoms with Crippen LogP contribution in [0.5, 0.6) is 0 Å². The zero-order valence-electron chi connectivity index (χ0n) is 40.5. The molecule has 3 fully saturated rings. The Morgan fingerprint density at radius 2 is 1.25 bits per heavy atom. The average molecular weight is 925 g/mol. The zero-order valence-corrected chi connectivity index (χ0v) is 40.5. The average Bonchev–Trinajstić information content (AvgIpc) is 3.35. The number of carbonyl (C=O) groups excluding carboxylic acids is 7. The maximum atomic E-state index is 14.9. The number of likely N-dealkylation sites (tertiary alicyclic amines) is 2. The Bertz CT molecular complexity index is 1970. The van der Waals surface area contributed by atoms with Crippen molar-refractivity contribution < 1.29 is 38.3 Å². The smallest absolute Gasteiger partial charge is 0.246 e. The van der Waals surface area contributed by atoms with Gasteiger partial charge in [-0.05, 0) is 86.8 Å². The molecule has 6 amide bonds. The first-order chi connectivity index (χ1) is 32.3. The Kier molecular flexibility index (Phi) is 21.1. The van der Waals surface area contributed by atoms with Crippen LogP contribution in [-0.2, 0) is 44.9 Å². The van der Waals surface area contributed by atoms with Crippen LogP contribution in [-0.4, -0.2) is 107 Å². The van der Waals surface area contributed by atoms with Gasteiger partial charge in [0.25, 0.3) is 0 Å². The largest absolute Gasteiger partial charge is 0.371 e. The number of nitrogens with zero attached hydrogens (tertiary/aromatic N) is 2. The van der Waals surface area contributed by atoms with Crippen LogP contribution in [0.2, 0.25) is 0 Å². The highest BCUT2D eigenvalue weighted by atomic mass is 16.5. The van der Waals surface area contributed by atoms with Crippen LogP contribution >= 0.6 is 0 Å². The lowest BCUT2D eigenvalue weighted by atomic mass is 9.79. The van der Waals surface area contributed by atoms with Crippen molar-refractivity contribution in [3.8, 4) is 0 Å². The molecule has 0 radical (unpaired) electrons. The quantitative estimate of drug-likeness (QED) is 0.0997. The van der Waals surface area contributed by atoms with Gasteiger partial charge in [-0.25, -0.2) is 0 Å². The Labute approximate surface area is 398 Å². The van der Waals surface area contributed by atoms with Gasteiger partial charge in [-0.3, -0.25) is 33.6 Å². The first-order valence-corrected chi connectivity index (χ1v) is 25.0. The molecule has 1 unspecified atom stereocenters. The molecule has 0 bridgehead atoms. The molecule has 2 aromatic rings. The van der Waals surface area contributed by atoms with Crippen molar-refractivity contribution in [2.75, 3.05) is 19.6 Å². The molecule has 14 nitrogen and oxygen atoms in total. The standard InChI is InChI=1S/C53H76N6O8/c1-6-30-54-51(64)48(38(5)67-35-40-22-12-8-13-23-40)57-50(63)45-27-16-18-31-58(45)52(65)43(34-42(60)29-28-39-20-10-7-11-21-39)55-49(62)44-26-17-19-32-59(44)53(66)47(36(2)3)56-46(61)33-37(4)41-24-14-9-15-25-41/h7-8,10-13,20-23,28-29,36-38,41,43-45,47-48H,6,9,14-19,24-27,30-35H2,1-5H3,(H,54,64)(H,55,62)(H,56,61)(H,57,63)/b29-28-/t37-,38?,43-,44-,45-,47-,48-/m0/s1. The Morgan fingerprint density at radius 1 is 0.672 bits per heavy atom. The number of allylic oxidation sites excluding steroid dienone is 1. The van der Waals surface area contributed by atoms with E-state index in [4.69, 9.17) is 4.74 Å². The number of ether oxygens (including phenoxy) is 1. The van der Waals surface area contributed by atoms with Crippen LogP contribution in [0.3, 0.4) is 0 Å². The van der Waals surface area contributed by atoms with E-state index in [-0.39, 0.29) is 36.8 Å². The molecule has 67 heavy (non-hydrogen) atoms.